The summed E-state index contributed by atoms with van der Waals surface area (Å²) in [4.78, 5) is 59.0. The number of ether oxygens (including phenoxy) is 1. The zero-order valence-electron chi connectivity index (χ0n) is 27.7. The van der Waals surface area contributed by atoms with Crippen LogP contribution in [0.3, 0.4) is 0 Å². The summed E-state index contributed by atoms with van der Waals surface area (Å²) in [5.74, 6) is -2.44. The maximum Gasteiger partial charge on any atom is 0.339 e. The van der Waals surface area contributed by atoms with E-state index in [9.17, 15) is 19.2 Å². The maximum absolute atomic E-state index is 14.0. The molecule has 3 atom stereocenters. The predicted octanol–water partition coefficient (Wildman–Crippen LogP) is 4.43. The summed E-state index contributed by atoms with van der Waals surface area (Å²) in [5.41, 5.74) is 1.79. The van der Waals surface area contributed by atoms with Gasteiger partial charge in [0.05, 0.1) is 23.4 Å². The standard InChI is InChI=1S/C37H42ClN3O7/c1-8-14-24(6)27(21-38)35(44)46-22-30(42)28(10-3)39-36(45)37(19-26-16-12-11-13-17-26)20-29(41-48-37)33(23(4)5)40-34(43)32-18-25(7)31(47-32)15-9-2/h8-9,11-18,21,23,28,33H,1-2,7,10,19-20,22H2,3-6H3,(H,39,45)(H,40,43)/b24-14-,27-21-,31-15+/t28-,33-,37?/m0/s1. The number of ketones is 1. The first-order chi connectivity index (χ1) is 22.9. The molecule has 1 aliphatic heterocycles. The second-order valence-corrected chi connectivity index (χ2v) is 11.9. The fourth-order valence-corrected chi connectivity index (χ4v) is 5.38. The van der Waals surface area contributed by atoms with Gasteiger partial charge in [-0.1, -0.05) is 106 Å². The van der Waals surface area contributed by atoms with E-state index in [0.29, 0.717) is 21.9 Å². The molecule has 2 N–H and O–H groups in total. The Balaban J connectivity index is 1.81. The van der Waals surface area contributed by atoms with Crippen molar-refractivity contribution in [3.8, 4) is 0 Å². The van der Waals surface area contributed by atoms with Gasteiger partial charge >= 0.3 is 5.97 Å². The van der Waals surface area contributed by atoms with Gasteiger partial charge in [-0.15, -0.1) is 0 Å². The maximum atomic E-state index is 14.0. The number of benzene rings is 1. The van der Waals surface area contributed by atoms with E-state index in [2.05, 4.69) is 35.5 Å². The Kier molecular flexibility index (Phi) is 13.5. The Morgan fingerprint density at radius 2 is 1.83 bits per heavy atom. The summed E-state index contributed by atoms with van der Waals surface area (Å²) in [6.07, 6.45) is 6.61. The van der Waals surface area contributed by atoms with E-state index in [4.69, 9.17) is 25.6 Å². The Hall–Kier alpha value is -4.96. The van der Waals surface area contributed by atoms with Gasteiger partial charge in [0.15, 0.2) is 18.2 Å². The monoisotopic (exact) mass is 675 g/mol. The van der Waals surface area contributed by atoms with Crippen LogP contribution in [0.25, 0.3) is 12.7 Å². The van der Waals surface area contributed by atoms with Crippen molar-refractivity contribution in [2.45, 2.75) is 64.6 Å². The summed E-state index contributed by atoms with van der Waals surface area (Å²) >= 11 is 5.81. The first-order valence-electron chi connectivity index (χ1n) is 15.5. The molecule has 2 heterocycles. The largest absolute Gasteiger partial charge is 0.454 e. The molecule has 0 saturated heterocycles. The molecule has 0 radical (unpaired) electrons. The number of furan rings is 1. The van der Waals surface area contributed by atoms with E-state index in [1.54, 1.807) is 26.0 Å². The van der Waals surface area contributed by atoms with Crippen LogP contribution in [0, 0.1) is 5.92 Å². The Bertz CT molecular complexity index is 1740. The number of esters is 1. The number of oxime groups is 1. The predicted molar refractivity (Wildman–Crippen MR) is 186 cm³/mol. The fraction of sp³-hybridized carbons (Fsp3) is 0.324. The van der Waals surface area contributed by atoms with Gasteiger partial charge in [-0.2, -0.15) is 0 Å². The number of carbonyl (C=O) groups excluding carboxylic acids is 4. The molecule has 1 aliphatic rings. The van der Waals surface area contributed by atoms with Crippen LogP contribution in [0.2, 0.25) is 0 Å². The molecular weight excluding hydrogens is 634 g/mol. The highest BCUT2D eigenvalue weighted by atomic mass is 35.5. The van der Waals surface area contributed by atoms with Crippen LogP contribution in [0.4, 0.5) is 0 Å². The van der Waals surface area contributed by atoms with Gasteiger partial charge in [0, 0.05) is 23.6 Å². The number of nitrogens with zero attached hydrogens (tertiary/aromatic N) is 1. The highest BCUT2D eigenvalue weighted by Crippen LogP contribution is 2.31. The van der Waals surface area contributed by atoms with Crippen LogP contribution in [-0.2, 0) is 30.4 Å². The van der Waals surface area contributed by atoms with E-state index < -0.39 is 47.9 Å². The smallest absolute Gasteiger partial charge is 0.339 e. The highest BCUT2D eigenvalue weighted by Gasteiger charge is 2.49. The van der Waals surface area contributed by atoms with Crippen molar-refractivity contribution in [2.75, 3.05) is 6.61 Å². The first kappa shape index (κ1) is 37.5. The minimum atomic E-state index is -1.53. The van der Waals surface area contributed by atoms with E-state index in [1.807, 2.05) is 44.2 Å². The normalized spacial score (nSPS) is 18.0. The van der Waals surface area contributed by atoms with Gasteiger partial charge in [-0.3, -0.25) is 14.4 Å². The van der Waals surface area contributed by atoms with E-state index >= 15 is 0 Å². The van der Waals surface area contributed by atoms with Gasteiger partial charge in [-0.25, -0.2) is 4.79 Å². The number of carbonyl (C=O) groups is 4. The average molecular weight is 676 g/mol. The molecule has 48 heavy (non-hydrogen) atoms. The number of Topliss-reactive ketones (excluding diaryl/α,β-unsaturated/α-hetero) is 1. The highest BCUT2D eigenvalue weighted by molar-refractivity contribution is 6.28. The van der Waals surface area contributed by atoms with E-state index in [1.165, 1.54) is 18.2 Å². The lowest BCUT2D eigenvalue weighted by atomic mass is 9.84. The van der Waals surface area contributed by atoms with Crippen LogP contribution in [0.5, 0.6) is 0 Å². The van der Waals surface area contributed by atoms with Crippen molar-refractivity contribution in [3.05, 3.63) is 106 Å². The lowest BCUT2D eigenvalue weighted by Crippen LogP contribution is -2.55. The van der Waals surface area contributed by atoms with Gasteiger partial charge in [-0.05, 0) is 42.5 Å². The molecule has 2 amide bonds. The van der Waals surface area contributed by atoms with Gasteiger partial charge in [0.25, 0.3) is 11.8 Å². The third kappa shape index (κ3) is 9.32. The summed E-state index contributed by atoms with van der Waals surface area (Å²) in [5, 5.41) is 10.6. The Labute approximate surface area is 285 Å². The second kappa shape index (κ2) is 17.3. The summed E-state index contributed by atoms with van der Waals surface area (Å²) in [6, 6.07) is 9.19. The van der Waals surface area contributed by atoms with Crippen molar-refractivity contribution >= 4 is 53.5 Å². The number of amides is 2. The quantitative estimate of drug-likeness (QED) is 0.153. The van der Waals surface area contributed by atoms with Crippen LogP contribution in [0.15, 0.2) is 94.0 Å². The average Bonchev–Trinajstić information content (AvgIpc) is 3.66. The summed E-state index contributed by atoms with van der Waals surface area (Å²) < 4.78 is 10.9. The summed E-state index contributed by atoms with van der Waals surface area (Å²) in [6.45, 7) is 17.7. The third-order valence-corrected chi connectivity index (χ3v) is 7.99. The Morgan fingerprint density at radius 1 is 1.12 bits per heavy atom. The van der Waals surface area contributed by atoms with Crippen molar-refractivity contribution in [1.82, 2.24) is 10.6 Å². The Morgan fingerprint density at radius 3 is 2.44 bits per heavy atom. The number of halogens is 1. The molecule has 0 spiro atoms. The number of rotatable bonds is 16. The second-order valence-electron chi connectivity index (χ2n) is 11.7. The van der Waals surface area contributed by atoms with Crippen LogP contribution in [-0.4, -0.2) is 53.6 Å². The van der Waals surface area contributed by atoms with Gasteiger partial charge in [0.1, 0.15) is 5.42 Å². The number of allylic oxidation sites excluding steroid dienone is 3. The fourth-order valence-electron chi connectivity index (χ4n) is 5.12. The molecule has 0 saturated carbocycles. The van der Waals surface area contributed by atoms with Crippen LogP contribution in [0.1, 0.15) is 56.7 Å². The number of hydrogen-bond acceptors (Lipinski definition) is 8. The van der Waals surface area contributed by atoms with Crippen molar-refractivity contribution in [2.24, 2.45) is 11.1 Å². The topological polar surface area (TPSA) is 136 Å². The van der Waals surface area contributed by atoms with E-state index in [-0.39, 0.29) is 36.5 Å². The van der Waals surface area contributed by atoms with Crippen LogP contribution < -0.4 is 21.3 Å². The van der Waals surface area contributed by atoms with Gasteiger partial charge < -0.3 is 24.6 Å². The van der Waals surface area contributed by atoms with E-state index in [0.717, 1.165) is 11.1 Å². The molecular formula is C37H42ClN3O7. The molecule has 254 valence electrons. The van der Waals surface area contributed by atoms with Crippen molar-refractivity contribution in [1.29, 1.82) is 0 Å². The molecule has 3 rings (SSSR count). The lowest BCUT2D eigenvalue weighted by Gasteiger charge is -2.29. The van der Waals surface area contributed by atoms with Gasteiger partial charge in [0.2, 0.25) is 5.60 Å². The first-order valence-corrected chi connectivity index (χ1v) is 15.9. The lowest BCUT2D eigenvalue weighted by molar-refractivity contribution is -0.148. The minimum absolute atomic E-state index is 0.0312. The zero-order valence-corrected chi connectivity index (χ0v) is 28.5. The molecule has 1 aromatic heterocycles. The third-order valence-electron chi connectivity index (χ3n) is 7.77. The molecule has 0 aliphatic carbocycles. The molecule has 0 bridgehead atoms. The van der Waals surface area contributed by atoms with Crippen molar-refractivity contribution in [3.63, 3.8) is 0 Å². The minimum Gasteiger partial charge on any atom is -0.454 e. The molecule has 1 aromatic carbocycles. The number of hydrogen-bond donors (Lipinski definition) is 2. The number of nitrogens with one attached hydrogen (secondary N) is 2. The molecule has 0 fully saturated rings. The van der Waals surface area contributed by atoms with Crippen molar-refractivity contribution < 1.29 is 33.2 Å². The molecule has 2 aromatic rings. The summed E-state index contributed by atoms with van der Waals surface area (Å²) in [7, 11) is 0. The molecule has 1 unspecified atom stereocenters. The molecule has 10 nitrogen and oxygen atoms in total. The zero-order chi connectivity index (χ0) is 35.4. The van der Waals surface area contributed by atoms with Crippen LogP contribution >= 0.6 is 11.6 Å². The molecule has 11 heteroatoms. The SMILES string of the molecule is C=C/C=C(C)\C(=C\Cl)C(=O)OCC(=O)[C@H](CC)NC(=O)C1(Cc2ccccc2)CC([C@@H](NC(=O)c2cc(=C)/c(=C\C=C)o2)C(C)C)=NO1.